The molecule has 7 nitrogen and oxygen atoms in total. The Morgan fingerprint density at radius 2 is 2.07 bits per heavy atom. The van der Waals surface area contributed by atoms with E-state index < -0.39 is 5.91 Å². The average Bonchev–Trinajstić information content (AvgIpc) is 2.86. The molecular formula is C20H24N4O3. The Labute approximate surface area is 157 Å². The molecule has 0 radical (unpaired) electrons. The number of hydrogen-bond donors (Lipinski definition) is 2. The maximum atomic E-state index is 12.6. The number of nitrogens with two attached hydrogens (primary N) is 1. The van der Waals surface area contributed by atoms with Crippen LogP contribution in [0.3, 0.4) is 0 Å². The van der Waals surface area contributed by atoms with Gasteiger partial charge >= 0.3 is 0 Å². The quantitative estimate of drug-likeness (QED) is 0.862. The molecular weight excluding hydrogens is 344 g/mol. The van der Waals surface area contributed by atoms with Crippen molar-refractivity contribution < 1.29 is 14.3 Å². The van der Waals surface area contributed by atoms with Crippen LogP contribution in [0.4, 0.5) is 5.69 Å². The molecule has 0 unspecified atom stereocenters. The first kappa shape index (κ1) is 17.7. The van der Waals surface area contributed by atoms with Gasteiger partial charge in [-0.3, -0.25) is 9.59 Å². The van der Waals surface area contributed by atoms with Crippen molar-refractivity contribution in [2.45, 2.75) is 39.7 Å². The summed E-state index contributed by atoms with van der Waals surface area (Å²) in [5.41, 5.74) is 9.72. The molecule has 1 saturated heterocycles. The molecule has 1 aromatic heterocycles. The first-order valence-electron chi connectivity index (χ1n) is 9.15. The van der Waals surface area contributed by atoms with Crippen molar-refractivity contribution >= 4 is 17.4 Å². The number of rotatable bonds is 4. The van der Waals surface area contributed by atoms with Crippen molar-refractivity contribution in [1.29, 1.82) is 0 Å². The molecule has 1 aliphatic carbocycles. The van der Waals surface area contributed by atoms with Gasteiger partial charge in [-0.25, -0.2) is 4.68 Å². The highest BCUT2D eigenvalue weighted by Crippen LogP contribution is 2.37. The maximum absolute atomic E-state index is 12.6. The van der Waals surface area contributed by atoms with Crippen molar-refractivity contribution in [3.8, 4) is 5.69 Å². The number of fused-ring (bicyclic) bond motifs is 1. The van der Waals surface area contributed by atoms with Crippen LogP contribution in [0.2, 0.25) is 0 Å². The number of benzene rings is 1. The summed E-state index contributed by atoms with van der Waals surface area (Å²) >= 11 is 0. The molecule has 2 heterocycles. The van der Waals surface area contributed by atoms with Gasteiger partial charge in [0.05, 0.1) is 47.5 Å². The fourth-order valence-corrected chi connectivity index (χ4v) is 3.89. The smallest absolute Gasteiger partial charge is 0.250 e. The van der Waals surface area contributed by atoms with E-state index in [-0.39, 0.29) is 17.2 Å². The van der Waals surface area contributed by atoms with Crippen molar-refractivity contribution in [2.75, 3.05) is 18.5 Å². The predicted octanol–water partition coefficient (Wildman–Crippen LogP) is 2.25. The minimum absolute atomic E-state index is 0.105. The lowest BCUT2D eigenvalue weighted by atomic mass is 9.75. The number of Topliss-reactive ketones (excluding diaryl/α,β-unsaturated/α-hetero) is 1. The van der Waals surface area contributed by atoms with E-state index in [0.29, 0.717) is 30.9 Å². The second-order valence-electron chi connectivity index (χ2n) is 8.23. The highest BCUT2D eigenvalue weighted by atomic mass is 16.5. The Kier molecular flexibility index (Phi) is 4.07. The Morgan fingerprint density at radius 1 is 1.33 bits per heavy atom. The number of carbonyl (C=O) groups excluding carboxylic acids is 2. The number of amides is 1. The molecule has 27 heavy (non-hydrogen) atoms. The lowest BCUT2D eigenvalue weighted by Gasteiger charge is -2.30. The molecule has 0 atom stereocenters. The van der Waals surface area contributed by atoms with Gasteiger partial charge in [0.25, 0.3) is 5.91 Å². The summed E-state index contributed by atoms with van der Waals surface area (Å²) < 4.78 is 7.03. The van der Waals surface area contributed by atoms with E-state index in [1.54, 1.807) is 6.07 Å². The van der Waals surface area contributed by atoms with Crippen molar-refractivity contribution in [3.05, 3.63) is 40.7 Å². The molecule has 0 bridgehead atoms. The molecule has 142 valence electrons. The van der Waals surface area contributed by atoms with Crippen LogP contribution in [0.1, 0.15) is 52.4 Å². The van der Waals surface area contributed by atoms with Crippen LogP contribution in [0.25, 0.3) is 5.69 Å². The van der Waals surface area contributed by atoms with Gasteiger partial charge in [-0.2, -0.15) is 5.10 Å². The van der Waals surface area contributed by atoms with E-state index in [1.807, 2.05) is 23.7 Å². The van der Waals surface area contributed by atoms with E-state index in [2.05, 4.69) is 24.3 Å². The van der Waals surface area contributed by atoms with Gasteiger partial charge in [-0.1, -0.05) is 13.8 Å². The van der Waals surface area contributed by atoms with E-state index in [9.17, 15) is 9.59 Å². The largest absolute Gasteiger partial charge is 0.377 e. The summed E-state index contributed by atoms with van der Waals surface area (Å²) in [5.74, 6) is -0.344. The molecule has 0 saturated carbocycles. The van der Waals surface area contributed by atoms with Crippen LogP contribution in [0, 0.1) is 12.3 Å². The van der Waals surface area contributed by atoms with Crippen molar-refractivity contribution in [1.82, 2.24) is 9.78 Å². The fourth-order valence-electron chi connectivity index (χ4n) is 3.89. The maximum Gasteiger partial charge on any atom is 0.250 e. The van der Waals surface area contributed by atoms with Gasteiger partial charge < -0.3 is 15.8 Å². The minimum atomic E-state index is -0.487. The van der Waals surface area contributed by atoms with E-state index in [0.717, 1.165) is 29.1 Å². The monoisotopic (exact) mass is 368 g/mol. The molecule has 1 aliphatic heterocycles. The molecule has 1 amide bonds. The summed E-state index contributed by atoms with van der Waals surface area (Å²) in [6.45, 7) is 7.26. The molecule has 1 fully saturated rings. The van der Waals surface area contributed by atoms with Crippen LogP contribution in [-0.4, -0.2) is 40.7 Å². The van der Waals surface area contributed by atoms with Gasteiger partial charge in [0.1, 0.15) is 0 Å². The lowest BCUT2D eigenvalue weighted by Crippen LogP contribution is -2.40. The Bertz CT molecular complexity index is 941. The molecule has 7 heteroatoms. The number of carbonyl (C=O) groups is 2. The van der Waals surface area contributed by atoms with Gasteiger partial charge in [-0.15, -0.1) is 0 Å². The van der Waals surface area contributed by atoms with E-state index in [1.165, 1.54) is 0 Å². The zero-order valence-electron chi connectivity index (χ0n) is 15.8. The Morgan fingerprint density at radius 3 is 2.70 bits per heavy atom. The lowest BCUT2D eigenvalue weighted by molar-refractivity contribution is 0.0211. The summed E-state index contributed by atoms with van der Waals surface area (Å²) in [6.07, 6.45) is 1.30. The number of anilines is 1. The first-order valence-corrected chi connectivity index (χ1v) is 9.15. The highest BCUT2D eigenvalue weighted by molar-refractivity contribution is 6.00. The normalized spacial score (nSPS) is 18.7. The van der Waals surface area contributed by atoms with Gasteiger partial charge in [0.2, 0.25) is 0 Å². The van der Waals surface area contributed by atoms with Crippen LogP contribution in [-0.2, 0) is 11.2 Å². The minimum Gasteiger partial charge on any atom is -0.377 e. The number of ether oxygens (including phenoxy) is 1. The summed E-state index contributed by atoms with van der Waals surface area (Å²) in [4.78, 5) is 24.4. The zero-order chi connectivity index (χ0) is 19.3. The van der Waals surface area contributed by atoms with Gasteiger partial charge in [-0.05, 0) is 37.0 Å². The first-order chi connectivity index (χ1) is 12.7. The summed E-state index contributed by atoms with van der Waals surface area (Å²) in [6, 6.07) is 5.56. The number of primary amides is 1. The van der Waals surface area contributed by atoms with E-state index >= 15 is 0 Å². The number of aromatic nitrogens is 2. The number of aryl methyl sites for hydroxylation is 1. The SMILES string of the molecule is Cc1nn(-c2ccc(C(N)=O)c(NC3COC3)c2)c2c1C(=O)CC(C)(C)C2. The average molecular weight is 368 g/mol. The third-order valence-corrected chi connectivity index (χ3v) is 5.23. The number of hydrogen-bond acceptors (Lipinski definition) is 5. The Hall–Kier alpha value is -2.67. The highest BCUT2D eigenvalue weighted by Gasteiger charge is 2.35. The topological polar surface area (TPSA) is 99.2 Å². The number of nitrogens with zero attached hydrogens (tertiary/aromatic N) is 2. The standard InChI is InChI=1S/C20H24N4O3/c1-11-18-16(7-20(2,3)8-17(18)25)24(23-11)13-4-5-14(19(21)26)15(6-13)22-12-9-27-10-12/h4-6,12,22H,7-10H2,1-3H3,(H2,21,26). The van der Waals surface area contributed by atoms with Crippen LogP contribution in [0.5, 0.6) is 0 Å². The Balaban J connectivity index is 1.80. The second kappa shape index (κ2) is 6.20. The van der Waals surface area contributed by atoms with Crippen molar-refractivity contribution in [2.24, 2.45) is 11.1 Å². The summed E-state index contributed by atoms with van der Waals surface area (Å²) in [5, 5.41) is 7.95. The second-order valence-corrected chi connectivity index (χ2v) is 8.23. The number of nitrogens with one attached hydrogen (secondary N) is 1. The van der Waals surface area contributed by atoms with E-state index in [4.69, 9.17) is 10.5 Å². The molecule has 2 aliphatic rings. The molecule has 2 aromatic rings. The molecule has 3 N–H and O–H groups in total. The van der Waals surface area contributed by atoms with Crippen molar-refractivity contribution in [3.63, 3.8) is 0 Å². The van der Waals surface area contributed by atoms with Crippen LogP contribution in [0.15, 0.2) is 18.2 Å². The fraction of sp³-hybridized carbons (Fsp3) is 0.450. The predicted molar refractivity (Wildman–Crippen MR) is 101 cm³/mol. The third-order valence-electron chi connectivity index (χ3n) is 5.23. The molecule has 0 spiro atoms. The molecule has 1 aromatic carbocycles. The zero-order valence-corrected chi connectivity index (χ0v) is 15.8. The summed E-state index contributed by atoms with van der Waals surface area (Å²) in [7, 11) is 0. The van der Waals surface area contributed by atoms with Crippen LogP contribution < -0.4 is 11.1 Å². The van der Waals surface area contributed by atoms with Gasteiger partial charge in [0, 0.05) is 12.1 Å². The van der Waals surface area contributed by atoms with Gasteiger partial charge in [0.15, 0.2) is 5.78 Å². The number of ketones is 1. The van der Waals surface area contributed by atoms with Crippen LogP contribution >= 0.6 is 0 Å². The molecule has 4 rings (SSSR count). The third kappa shape index (κ3) is 3.12.